The van der Waals surface area contributed by atoms with Crippen molar-refractivity contribution < 1.29 is 4.79 Å². The lowest BCUT2D eigenvalue weighted by atomic mass is 10.2. The van der Waals surface area contributed by atoms with Gasteiger partial charge in [-0.25, -0.2) is 0 Å². The Labute approximate surface area is 87.2 Å². The maximum absolute atomic E-state index is 10.5. The first kappa shape index (κ1) is 10.7. The van der Waals surface area contributed by atoms with Gasteiger partial charge in [-0.1, -0.05) is 17.7 Å². The van der Waals surface area contributed by atoms with Crippen LogP contribution in [0.15, 0.2) is 18.2 Å². The molecule has 0 aliphatic heterocycles. The van der Waals surface area contributed by atoms with Crippen LogP contribution >= 0.6 is 11.6 Å². The van der Waals surface area contributed by atoms with E-state index in [0.717, 1.165) is 0 Å². The molecule has 0 radical (unpaired) electrons. The van der Waals surface area contributed by atoms with Crippen molar-refractivity contribution >= 4 is 28.9 Å². The Morgan fingerprint density at radius 2 is 2.21 bits per heavy atom. The molecule has 0 saturated heterocycles. The lowest BCUT2D eigenvalue weighted by Gasteiger charge is -2.09. The summed E-state index contributed by atoms with van der Waals surface area (Å²) in [4.78, 5) is 10.5. The predicted octanol–water partition coefficient (Wildman–Crippen LogP) is 1.21. The standard InChI is InChI=1S/C9H12ClN3O/c10-6-2-1-3-7(11)9(6)13-5-4-8(12)14/h1-3,13H,4-5,11H2,(H2,12,14). The zero-order valence-corrected chi connectivity index (χ0v) is 8.34. The van der Waals surface area contributed by atoms with Crippen molar-refractivity contribution in [2.75, 3.05) is 17.6 Å². The lowest BCUT2D eigenvalue weighted by Crippen LogP contribution is -2.16. The quantitative estimate of drug-likeness (QED) is 0.658. The number of amides is 1. The maximum Gasteiger partial charge on any atom is 0.219 e. The normalized spacial score (nSPS) is 9.79. The number of benzene rings is 1. The molecule has 5 heteroatoms. The number of rotatable bonds is 4. The minimum Gasteiger partial charge on any atom is -0.397 e. The van der Waals surface area contributed by atoms with Crippen LogP contribution in [0.1, 0.15) is 6.42 Å². The Morgan fingerprint density at radius 3 is 2.79 bits per heavy atom. The van der Waals surface area contributed by atoms with E-state index in [2.05, 4.69) is 5.32 Å². The van der Waals surface area contributed by atoms with E-state index in [4.69, 9.17) is 23.1 Å². The molecule has 14 heavy (non-hydrogen) atoms. The van der Waals surface area contributed by atoms with Gasteiger partial charge in [0.25, 0.3) is 0 Å². The van der Waals surface area contributed by atoms with E-state index in [9.17, 15) is 4.79 Å². The van der Waals surface area contributed by atoms with Gasteiger partial charge < -0.3 is 16.8 Å². The number of hydrogen-bond acceptors (Lipinski definition) is 3. The molecule has 4 nitrogen and oxygen atoms in total. The number of carbonyl (C=O) groups is 1. The van der Waals surface area contributed by atoms with Gasteiger partial charge in [0.15, 0.2) is 0 Å². The van der Waals surface area contributed by atoms with Crippen molar-refractivity contribution in [2.45, 2.75) is 6.42 Å². The zero-order chi connectivity index (χ0) is 10.6. The van der Waals surface area contributed by atoms with E-state index in [-0.39, 0.29) is 12.3 Å². The predicted molar refractivity (Wildman–Crippen MR) is 58.2 cm³/mol. The molecular formula is C9H12ClN3O. The molecule has 1 amide bonds. The first-order valence-electron chi connectivity index (χ1n) is 4.17. The Kier molecular flexibility index (Phi) is 3.59. The number of hydrogen-bond donors (Lipinski definition) is 3. The highest BCUT2D eigenvalue weighted by Gasteiger charge is 2.03. The molecule has 5 N–H and O–H groups in total. The van der Waals surface area contributed by atoms with Crippen LogP contribution in [-0.2, 0) is 4.79 Å². The molecule has 0 aromatic heterocycles. The second-order valence-corrected chi connectivity index (χ2v) is 3.25. The highest BCUT2D eigenvalue weighted by molar-refractivity contribution is 6.33. The van der Waals surface area contributed by atoms with Crippen LogP contribution in [0.25, 0.3) is 0 Å². The average molecular weight is 214 g/mol. The zero-order valence-electron chi connectivity index (χ0n) is 7.59. The summed E-state index contributed by atoms with van der Waals surface area (Å²) in [6.45, 7) is 0.434. The van der Waals surface area contributed by atoms with Crippen LogP contribution in [0, 0.1) is 0 Å². The van der Waals surface area contributed by atoms with Gasteiger partial charge in [-0.3, -0.25) is 4.79 Å². The van der Waals surface area contributed by atoms with E-state index in [1.165, 1.54) is 0 Å². The number of para-hydroxylation sites is 1. The number of nitrogens with one attached hydrogen (secondary N) is 1. The second-order valence-electron chi connectivity index (χ2n) is 2.85. The van der Waals surface area contributed by atoms with E-state index in [1.54, 1.807) is 18.2 Å². The molecule has 1 aromatic rings. The van der Waals surface area contributed by atoms with Crippen molar-refractivity contribution in [3.63, 3.8) is 0 Å². The summed E-state index contributed by atoms with van der Waals surface area (Å²) in [5.41, 5.74) is 11.9. The topological polar surface area (TPSA) is 81.1 Å². The monoisotopic (exact) mass is 213 g/mol. The first-order chi connectivity index (χ1) is 6.61. The molecule has 0 aliphatic rings. The van der Waals surface area contributed by atoms with Crippen LogP contribution in [0.5, 0.6) is 0 Å². The molecule has 1 rings (SSSR count). The Morgan fingerprint density at radius 1 is 1.50 bits per heavy atom. The fraction of sp³-hybridized carbons (Fsp3) is 0.222. The fourth-order valence-electron chi connectivity index (χ4n) is 1.04. The molecule has 0 aliphatic carbocycles. The van der Waals surface area contributed by atoms with Gasteiger partial charge in [0, 0.05) is 13.0 Å². The van der Waals surface area contributed by atoms with Crippen LogP contribution in [0.2, 0.25) is 5.02 Å². The molecule has 0 heterocycles. The van der Waals surface area contributed by atoms with Crippen LogP contribution < -0.4 is 16.8 Å². The summed E-state index contributed by atoms with van der Waals surface area (Å²) in [5, 5.41) is 3.49. The van der Waals surface area contributed by atoms with Crippen LogP contribution in [0.4, 0.5) is 11.4 Å². The summed E-state index contributed by atoms with van der Waals surface area (Å²) >= 11 is 5.89. The number of halogens is 1. The summed E-state index contributed by atoms with van der Waals surface area (Å²) in [5.74, 6) is -0.358. The van der Waals surface area contributed by atoms with E-state index < -0.39 is 0 Å². The van der Waals surface area contributed by atoms with Crippen LogP contribution in [0.3, 0.4) is 0 Å². The van der Waals surface area contributed by atoms with Crippen molar-refractivity contribution in [3.05, 3.63) is 23.2 Å². The molecule has 0 fully saturated rings. The molecule has 0 bridgehead atoms. The van der Waals surface area contributed by atoms with Gasteiger partial charge in [0.05, 0.1) is 16.4 Å². The van der Waals surface area contributed by atoms with E-state index >= 15 is 0 Å². The lowest BCUT2D eigenvalue weighted by molar-refractivity contribution is -0.117. The maximum atomic E-state index is 10.5. The van der Waals surface area contributed by atoms with Gasteiger partial charge in [-0.2, -0.15) is 0 Å². The van der Waals surface area contributed by atoms with Gasteiger partial charge in [0.1, 0.15) is 0 Å². The number of primary amides is 1. The number of nitrogen functional groups attached to an aromatic ring is 1. The highest BCUT2D eigenvalue weighted by atomic mass is 35.5. The van der Waals surface area contributed by atoms with Gasteiger partial charge >= 0.3 is 0 Å². The minimum absolute atomic E-state index is 0.255. The van der Waals surface area contributed by atoms with Gasteiger partial charge in [-0.05, 0) is 12.1 Å². The van der Waals surface area contributed by atoms with Crippen molar-refractivity contribution in [3.8, 4) is 0 Å². The molecule has 0 atom stereocenters. The summed E-state index contributed by atoms with van der Waals surface area (Å²) in [6, 6.07) is 5.22. The largest absolute Gasteiger partial charge is 0.397 e. The first-order valence-corrected chi connectivity index (χ1v) is 4.55. The summed E-state index contributed by atoms with van der Waals surface area (Å²) in [6.07, 6.45) is 0.255. The van der Waals surface area contributed by atoms with Gasteiger partial charge in [0.2, 0.25) is 5.91 Å². The van der Waals surface area contributed by atoms with Crippen LogP contribution in [-0.4, -0.2) is 12.5 Å². The Bertz CT molecular complexity index is 321. The van der Waals surface area contributed by atoms with Gasteiger partial charge in [-0.15, -0.1) is 0 Å². The van der Waals surface area contributed by atoms with Crippen molar-refractivity contribution in [2.24, 2.45) is 5.73 Å². The molecule has 76 valence electrons. The third kappa shape index (κ3) is 2.81. The van der Waals surface area contributed by atoms with E-state index in [0.29, 0.717) is 22.9 Å². The molecule has 0 saturated carbocycles. The smallest absolute Gasteiger partial charge is 0.219 e. The molecule has 0 spiro atoms. The molecular weight excluding hydrogens is 202 g/mol. The number of nitrogens with two attached hydrogens (primary N) is 2. The summed E-state index contributed by atoms with van der Waals surface area (Å²) in [7, 11) is 0. The SMILES string of the molecule is NC(=O)CCNc1c(N)cccc1Cl. The van der Waals surface area contributed by atoms with Crippen molar-refractivity contribution in [1.82, 2.24) is 0 Å². The average Bonchev–Trinajstić information content (AvgIpc) is 2.09. The Hall–Kier alpha value is -1.42. The third-order valence-corrected chi connectivity index (χ3v) is 2.03. The number of carbonyl (C=O) groups excluding carboxylic acids is 1. The minimum atomic E-state index is -0.358. The Balaban J connectivity index is 2.62. The third-order valence-electron chi connectivity index (χ3n) is 1.72. The summed E-state index contributed by atoms with van der Waals surface area (Å²) < 4.78 is 0. The fourth-order valence-corrected chi connectivity index (χ4v) is 1.29. The highest BCUT2D eigenvalue weighted by Crippen LogP contribution is 2.27. The molecule has 1 aromatic carbocycles. The second kappa shape index (κ2) is 4.72. The van der Waals surface area contributed by atoms with E-state index in [1.807, 2.05) is 0 Å². The number of anilines is 2. The molecule has 0 unspecified atom stereocenters. The van der Waals surface area contributed by atoms with Crippen molar-refractivity contribution in [1.29, 1.82) is 0 Å².